The molecular weight excluding hydrogens is 232 g/mol. The van der Waals surface area contributed by atoms with Crippen LogP contribution in [0.1, 0.15) is 32.8 Å². The molecule has 2 heteroatoms. The number of hydrogen-bond donors (Lipinski definition) is 1. The third-order valence-electron chi connectivity index (χ3n) is 4.22. The van der Waals surface area contributed by atoms with Crippen molar-refractivity contribution in [3.63, 3.8) is 0 Å². The van der Waals surface area contributed by atoms with Gasteiger partial charge in [0.15, 0.2) is 0 Å². The van der Waals surface area contributed by atoms with E-state index in [1.807, 2.05) is 0 Å². The Morgan fingerprint density at radius 2 is 2.11 bits per heavy atom. The van der Waals surface area contributed by atoms with Gasteiger partial charge in [-0.25, -0.2) is 0 Å². The molecule has 104 valence electrons. The van der Waals surface area contributed by atoms with Gasteiger partial charge in [0.05, 0.1) is 5.54 Å². The number of nitrogens with zero attached hydrogens (tertiary/aromatic N) is 1. The van der Waals surface area contributed by atoms with Gasteiger partial charge < -0.3 is 5.32 Å². The molecule has 0 aliphatic carbocycles. The highest BCUT2D eigenvalue weighted by molar-refractivity contribution is 5.25. The van der Waals surface area contributed by atoms with Gasteiger partial charge in [-0.3, -0.25) is 4.90 Å². The van der Waals surface area contributed by atoms with E-state index in [0.29, 0.717) is 6.04 Å². The van der Waals surface area contributed by atoms with E-state index in [9.17, 15) is 0 Å². The molecule has 1 heterocycles. The molecule has 1 saturated heterocycles. The SMILES string of the molecule is C/C=C/CN1CC(C)(c2ccccc2)NCC1CC. The second-order valence-electron chi connectivity index (χ2n) is 5.64. The number of hydrogen-bond acceptors (Lipinski definition) is 2. The topological polar surface area (TPSA) is 15.3 Å². The van der Waals surface area contributed by atoms with Gasteiger partial charge in [0.2, 0.25) is 0 Å². The molecule has 1 fully saturated rings. The molecule has 0 radical (unpaired) electrons. The number of benzene rings is 1. The van der Waals surface area contributed by atoms with Crippen molar-refractivity contribution in [3.05, 3.63) is 48.0 Å². The number of piperazine rings is 1. The fraction of sp³-hybridized carbons (Fsp3) is 0.529. The van der Waals surface area contributed by atoms with Crippen molar-refractivity contribution in [2.24, 2.45) is 0 Å². The van der Waals surface area contributed by atoms with Crippen LogP contribution in [0.2, 0.25) is 0 Å². The van der Waals surface area contributed by atoms with Crippen molar-refractivity contribution in [2.75, 3.05) is 19.6 Å². The molecule has 0 aromatic heterocycles. The molecule has 0 spiro atoms. The Labute approximate surface area is 117 Å². The van der Waals surface area contributed by atoms with Crippen molar-refractivity contribution >= 4 is 0 Å². The van der Waals surface area contributed by atoms with Gasteiger partial charge in [-0.1, -0.05) is 49.4 Å². The van der Waals surface area contributed by atoms with Crippen LogP contribution in [0.3, 0.4) is 0 Å². The Balaban J connectivity index is 2.16. The second kappa shape index (κ2) is 6.36. The summed E-state index contributed by atoms with van der Waals surface area (Å²) in [5.74, 6) is 0. The maximum absolute atomic E-state index is 3.75. The zero-order chi connectivity index (χ0) is 13.7. The highest BCUT2D eigenvalue weighted by atomic mass is 15.2. The molecular formula is C17H26N2. The van der Waals surface area contributed by atoms with E-state index in [2.05, 4.69) is 73.5 Å². The summed E-state index contributed by atoms with van der Waals surface area (Å²) in [7, 11) is 0. The van der Waals surface area contributed by atoms with E-state index in [-0.39, 0.29) is 5.54 Å². The van der Waals surface area contributed by atoms with E-state index in [1.54, 1.807) is 0 Å². The van der Waals surface area contributed by atoms with Crippen LogP contribution in [0.5, 0.6) is 0 Å². The van der Waals surface area contributed by atoms with Gasteiger partial charge >= 0.3 is 0 Å². The van der Waals surface area contributed by atoms with Gasteiger partial charge in [-0.2, -0.15) is 0 Å². The van der Waals surface area contributed by atoms with Crippen molar-refractivity contribution in [1.82, 2.24) is 10.2 Å². The average Bonchev–Trinajstić information content (AvgIpc) is 2.46. The predicted molar refractivity (Wildman–Crippen MR) is 82.3 cm³/mol. The number of allylic oxidation sites excluding steroid dienone is 1. The van der Waals surface area contributed by atoms with Gasteiger partial charge in [0.25, 0.3) is 0 Å². The Bertz CT molecular complexity index is 413. The van der Waals surface area contributed by atoms with E-state index in [4.69, 9.17) is 0 Å². The van der Waals surface area contributed by atoms with Crippen LogP contribution in [-0.2, 0) is 5.54 Å². The van der Waals surface area contributed by atoms with Crippen LogP contribution < -0.4 is 5.32 Å². The maximum atomic E-state index is 3.75. The monoisotopic (exact) mass is 258 g/mol. The van der Waals surface area contributed by atoms with Gasteiger partial charge in [-0.05, 0) is 25.8 Å². The molecule has 2 nitrogen and oxygen atoms in total. The Kier molecular flexibility index (Phi) is 4.78. The lowest BCUT2D eigenvalue weighted by molar-refractivity contribution is 0.0947. The van der Waals surface area contributed by atoms with Crippen LogP contribution in [0.15, 0.2) is 42.5 Å². The third kappa shape index (κ3) is 3.26. The zero-order valence-corrected chi connectivity index (χ0v) is 12.4. The van der Waals surface area contributed by atoms with Crippen LogP contribution in [0.25, 0.3) is 0 Å². The van der Waals surface area contributed by atoms with E-state index >= 15 is 0 Å². The molecule has 19 heavy (non-hydrogen) atoms. The van der Waals surface area contributed by atoms with Gasteiger partial charge in [0, 0.05) is 25.7 Å². The molecule has 2 unspecified atom stereocenters. The van der Waals surface area contributed by atoms with Crippen molar-refractivity contribution in [1.29, 1.82) is 0 Å². The molecule has 2 rings (SSSR count). The first kappa shape index (κ1) is 14.3. The molecule has 1 aliphatic heterocycles. The fourth-order valence-electron chi connectivity index (χ4n) is 2.92. The predicted octanol–water partition coefficient (Wildman–Crippen LogP) is 3.16. The van der Waals surface area contributed by atoms with Crippen molar-refractivity contribution in [2.45, 2.75) is 38.8 Å². The zero-order valence-electron chi connectivity index (χ0n) is 12.4. The van der Waals surface area contributed by atoms with Crippen molar-refractivity contribution in [3.8, 4) is 0 Å². The summed E-state index contributed by atoms with van der Waals surface area (Å²) < 4.78 is 0. The Morgan fingerprint density at radius 1 is 1.37 bits per heavy atom. The Morgan fingerprint density at radius 3 is 2.74 bits per heavy atom. The van der Waals surface area contributed by atoms with Crippen LogP contribution in [0.4, 0.5) is 0 Å². The highest BCUT2D eigenvalue weighted by Crippen LogP contribution is 2.27. The summed E-state index contributed by atoms with van der Waals surface area (Å²) in [6.45, 7) is 9.88. The number of rotatable bonds is 4. The molecule has 0 saturated carbocycles. The lowest BCUT2D eigenvalue weighted by atomic mass is 9.88. The third-order valence-corrected chi connectivity index (χ3v) is 4.22. The standard InChI is InChI=1S/C17H26N2/c1-4-6-12-19-14-17(3,18-13-16(19)5-2)15-10-8-7-9-11-15/h4,6-11,16,18H,5,12-14H2,1-3H3/b6-4+. The molecule has 1 aliphatic rings. The summed E-state index contributed by atoms with van der Waals surface area (Å²) in [5, 5.41) is 3.75. The van der Waals surface area contributed by atoms with Crippen LogP contribution in [0, 0.1) is 0 Å². The normalized spacial score (nSPS) is 28.9. The van der Waals surface area contributed by atoms with E-state index < -0.39 is 0 Å². The quantitative estimate of drug-likeness (QED) is 0.835. The van der Waals surface area contributed by atoms with Gasteiger partial charge in [-0.15, -0.1) is 0 Å². The molecule has 2 atom stereocenters. The minimum atomic E-state index is 0.0640. The highest BCUT2D eigenvalue weighted by Gasteiger charge is 2.35. The van der Waals surface area contributed by atoms with Crippen LogP contribution in [-0.4, -0.2) is 30.6 Å². The summed E-state index contributed by atoms with van der Waals surface area (Å²) in [5.41, 5.74) is 1.45. The average molecular weight is 258 g/mol. The molecule has 1 aromatic rings. The van der Waals surface area contributed by atoms with E-state index in [0.717, 1.165) is 19.6 Å². The van der Waals surface area contributed by atoms with Gasteiger partial charge in [0.1, 0.15) is 0 Å². The first-order chi connectivity index (χ1) is 9.19. The minimum Gasteiger partial charge on any atom is -0.305 e. The molecule has 0 bridgehead atoms. The first-order valence-corrected chi connectivity index (χ1v) is 7.35. The molecule has 0 amide bonds. The molecule has 1 aromatic carbocycles. The summed E-state index contributed by atoms with van der Waals surface area (Å²) in [6, 6.07) is 11.4. The maximum Gasteiger partial charge on any atom is 0.0535 e. The lowest BCUT2D eigenvalue weighted by Crippen LogP contribution is -2.60. The summed E-state index contributed by atoms with van der Waals surface area (Å²) in [4.78, 5) is 2.60. The lowest BCUT2D eigenvalue weighted by Gasteiger charge is -2.46. The number of nitrogens with one attached hydrogen (secondary N) is 1. The van der Waals surface area contributed by atoms with E-state index in [1.165, 1.54) is 12.0 Å². The Hall–Kier alpha value is -1.12. The first-order valence-electron chi connectivity index (χ1n) is 7.35. The summed E-state index contributed by atoms with van der Waals surface area (Å²) in [6.07, 6.45) is 5.61. The minimum absolute atomic E-state index is 0.0640. The fourth-order valence-corrected chi connectivity index (χ4v) is 2.92. The van der Waals surface area contributed by atoms with Crippen LogP contribution >= 0.6 is 0 Å². The summed E-state index contributed by atoms with van der Waals surface area (Å²) >= 11 is 0. The second-order valence-corrected chi connectivity index (χ2v) is 5.64. The molecule has 1 N–H and O–H groups in total. The van der Waals surface area contributed by atoms with Crippen molar-refractivity contribution < 1.29 is 0 Å². The smallest absolute Gasteiger partial charge is 0.0535 e. The largest absolute Gasteiger partial charge is 0.305 e.